The molecule has 0 aliphatic heterocycles. The van der Waals surface area contributed by atoms with Gasteiger partial charge in [0.2, 0.25) is 0 Å². The highest BCUT2D eigenvalue weighted by Gasteiger charge is 2.26. The summed E-state index contributed by atoms with van der Waals surface area (Å²) < 4.78 is 11.8. The third kappa shape index (κ3) is 4.53. The van der Waals surface area contributed by atoms with Crippen LogP contribution in [0, 0.1) is 11.3 Å². The zero-order valence-corrected chi connectivity index (χ0v) is 16.6. The quantitative estimate of drug-likeness (QED) is 0.722. The number of pyridine rings is 1. The molecule has 0 bridgehead atoms. The molecule has 2 aromatic rings. The van der Waals surface area contributed by atoms with E-state index in [1.807, 2.05) is 6.92 Å². The number of nitrogens with zero attached hydrogens (tertiary/aromatic N) is 2. The van der Waals surface area contributed by atoms with Crippen molar-refractivity contribution in [2.24, 2.45) is 0 Å². The Hall–Kier alpha value is -2.82. The first-order chi connectivity index (χ1) is 13.4. The Labute approximate surface area is 167 Å². The van der Waals surface area contributed by atoms with Crippen LogP contribution in [0.2, 0.25) is 5.02 Å². The second kappa shape index (κ2) is 9.40. The number of rotatable bonds is 8. The van der Waals surface area contributed by atoms with Crippen molar-refractivity contribution in [2.75, 3.05) is 14.2 Å². The molecule has 7 nitrogen and oxygen atoms in total. The monoisotopic (exact) mass is 404 g/mol. The molecule has 0 fully saturated rings. The van der Waals surface area contributed by atoms with Gasteiger partial charge in [0.05, 0.1) is 31.0 Å². The molecule has 0 aliphatic carbocycles. The van der Waals surface area contributed by atoms with Crippen LogP contribution < -0.4 is 10.3 Å². The number of benzene rings is 1. The standard InChI is InChI=1S/C20H21ClN2O5/c1-4-14(27-2)8-17(20(25)26)23-11-18(28-3)16(9-19(23)24)15-7-13(21)6-5-12(15)10-22/h5-7,9,11,14,17H,4,8H2,1-3H3,(H,25,26). The zero-order valence-electron chi connectivity index (χ0n) is 15.8. The van der Waals surface area contributed by atoms with Crippen LogP contribution in [0.5, 0.6) is 5.75 Å². The number of carboxylic acids is 1. The molecule has 0 saturated carbocycles. The fraction of sp³-hybridized carbons (Fsp3) is 0.350. The van der Waals surface area contributed by atoms with Gasteiger partial charge in [-0.05, 0) is 24.6 Å². The van der Waals surface area contributed by atoms with Gasteiger partial charge in [-0.1, -0.05) is 18.5 Å². The Bertz CT molecular complexity index is 960. The fourth-order valence-corrected chi connectivity index (χ4v) is 3.17. The van der Waals surface area contributed by atoms with Crippen LogP contribution in [0.25, 0.3) is 11.1 Å². The average molecular weight is 405 g/mol. The summed E-state index contributed by atoms with van der Waals surface area (Å²) in [7, 11) is 2.91. The van der Waals surface area contributed by atoms with Crippen molar-refractivity contribution in [3.63, 3.8) is 0 Å². The van der Waals surface area contributed by atoms with Gasteiger partial charge in [-0.25, -0.2) is 4.79 Å². The van der Waals surface area contributed by atoms with Gasteiger partial charge in [-0.3, -0.25) is 9.36 Å². The predicted octanol–water partition coefficient (Wildman–Crippen LogP) is 3.49. The zero-order chi connectivity index (χ0) is 20.8. The number of nitriles is 1. The summed E-state index contributed by atoms with van der Waals surface area (Å²) in [6.45, 7) is 1.88. The second-order valence-electron chi connectivity index (χ2n) is 6.16. The van der Waals surface area contributed by atoms with Crippen molar-refractivity contribution in [2.45, 2.75) is 31.9 Å². The average Bonchev–Trinajstić information content (AvgIpc) is 2.69. The Balaban J connectivity index is 2.63. The lowest BCUT2D eigenvalue weighted by atomic mass is 10.00. The third-order valence-corrected chi connectivity index (χ3v) is 4.79. The molecular formula is C20H21ClN2O5. The Morgan fingerprint density at radius 3 is 2.57 bits per heavy atom. The molecule has 8 heteroatoms. The Morgan fingerprint density at radius 1 is 1.32 bits per heavy atom. The van der Waals surface area contributed by atoms with E-state index in [0.717, 1.165) is 4.57 Å². The molecule has 28 heavy (non-hydrogen) atoms. The number of hydrogen-bond acceptors (Lipinski definition) is 5. The maximum Gasteiger partial charge on any atom is 0.326 e. The van der Waals surface area contributed by atoms with Crippen LogP contribution >= 0.6 is 11.6 Å². The van der Waals surface area contributed by atoms with Crippen LogP contribution in [0.4, 0.5) is 0 Å². The summed E-state index contributed by atoms with van der Waals surface area (Å²) in [5, 5.41) is 19.4. The Morgan fingerprint density at radius 2 is 2.04 bits per heavy atom. The lowest BCUT2D eigenvalue weighted by Crippen LogP contribution is -2.32. The molecule has 1 aromatic carbocycles. The van der Waals surface area contributed by atoms with Gasteiger partial charge in [0.1, 0.15) is 11.8 Å². The van der Waals surface area contributed by atoms with Gasteiger partial charge in [-0.2, -0.15) is 5.26 Å². The van der Waals surface area contributed by atoms with Crippen LogP contribution in [0.1, 0.15) is 31.4 Å². The minimum atomic E-state index is -1.15. The molecule has 0 aliphatic rings. The van der Waals surface area contributed by atoms with Crippen LogP contribution in [-0.2, 0) is 9.53 Å². The van der Waals surface area contributed by atoms with Crippen molar-refractivity contribution in [3.8, 4) is 22.9 Å². The number of methoxy groups -OCH3 is 2. The number of carbonyl (C=O) groups is 1. The normalized spacial score (nSPS) is 12.8. The lowest BCUT2D eigenvalue weighted by Gasteiger charge is -2.22. The molecule has 0 radical (unpaired) electrons. The van der Waals surface area contributed by atoms with Gasteiger partial charge in [-0.15, -0.1) is 0 Å². The summed E-state index contributed by atoms with van der Waals surface area (Å²) in [5.74, 6) is -0.886. The summed E-state index contributed by atoms with van der Waals surface area (Å²) in [4.78, 5) is 24.6. The van der Waals surface area contributed by atoms with Crippen molar-refractivity contribution >= 4 is 17.6 Å². The smallest absolute Gasteiger partial charge is 0.326 e. The van der Waals surface area contributed by atoms with E-state index in [9.17, 15) is 20.0 Å². The minimum Gasteiger partial charge on any atom is -0.495 e. The van der Waals surface area contributed by atoms with Crippen LogP contribution in [0.3, 0.4) is 0 Å². The van der Waals surface area contributed by atoms with Gasteiger partial charge < -0.3 is 14.6 Å². The van der Waals surface area contributed by atoms with Gasteiger partial charge >= 0.3 is 5.97 Å². The van der Waals surface area contributed by atoms with Gasteiger partial charge in [0.15, 0.2) is 0 Å². The first kappa shape index (κ1) is 21.5. The number of ether oxygens (including phenoxy) is 2. The first-order valence-corrected chi connectivity index (χ1v) is 8.99. The largest absolute Gasteiger partial charge is 0.495 e. The van der Waals surface area contributed by atoms with E-state index in [2.05, 4.69) is 6.07 Å². The molecular weight excluding hydrogens is 384 g/mol. The SMILES string of the molecule is CCC(CC(C(=O)O)n1cc(OC)c(-c2cc(Cl)ccc2C#N)cc1=O)OC. The molecule has 1 aromatic heterocycles. The maximum atomic E-state index is 12.8. The second-order valence-corrected chi connectivity index (χ2v) is 6.59. The van der Waals surface area contributed by atoms with Crippen molar-refractivity contribution < 1.29 is 19.4 Å². The molecule has 1 heterocycles. The summed E-state index contributed by atoms with van der Waals surface area (Å²) in [5.41, 5.74) is 0.593. The van der Waals surface area contributed by atoms with Crippen molar-refractivity contribution in [3.05, 3.63) is 51.4 Å². The molecule has 148 valence electrons. The molecule has 1 N–H and O–H groups in total. The van der Waals surface area contributed by atoms with Gasteiger partial charge in [0.25, 0.3) is 5.56 Å². The third-order valence-electron chi connectivity index (χ3n) is 4.55. The number of carboxylic acid groups (broad SMARTS) is 1. The van der Waals surface area contributed by atoms with E-state index in [1.54, 1.807) is 18.2 Å². The molecule has 2 atom stereocenters. The minimum absolute atomic E-state index is 0.130. The first-order valence-electron chi connectivity index (χ1n) is 8.62. The fourth-order valence-electron chi connectivity index (χ4n) is 2.99. The van der Waals surface area contributed by atoms with Gasteiger partial charge in [0, 0.05) is 35.7 Å². The van der Waals surface area contributed by atoms with E-state index < -0.39 is 17.6 Å². The van der Waals surface area contributed by atoms with E-state index in [1.165, 1.54) is 26.5 Å². The van der Waals surface area contributed by atoms with E-state index in [0.29, 0.717) is 28.1 Å². The van der Waals surface area contributed by atoms with E-state index >= 15 is 0 Å². The van der Waals surface area contributed by atoms with Crippen molar-refractivity contribution in [1.82, 2.24) is 4.57 Å². The van der Waals surface area contributed by atoms with Crippen LogP contribution in [0.15, 0.2) is 35.3 Å². The molecule has 0 spiro atoms. The van der Waals surface area contributed by atoms with E-state index in [4.69, 9.17) is 21.1 Å². The van der Waals surface area contributed by atoms with Crippen molar-refractivity contribution in [1.29, 1.82) is 5.26 Å². The summed E-state index contributed by atoms with van der Waals surface area (Å²) >= 11 is 6.05. The predicted molar refractivity (Wildman–Crippen MR) is 105 cm³/mol. The number of aromatic nitrogens is 1. The highest BCUT2D eigenvalue weighted by Crippen LogP contribution is 2.33. The number of hydrogen-bond donors (Lipinski definition) is 1. The lowest BCUT2D eigenvalue weighted by molar-refractivity contribution is -0.142. The highest BCUT2D eigenvalue weighted by molar-refractivity contribution is 6.31. The molecule has 0 saturated heterocycles. The summed E-state index contributed by atoms with van der Waals surface area (Å²) in [6.07, 6.45) is 1.78. The van der Waals surface area contributed by atoms with E-state index in [-0.39, 0.29) is 18.3 Å². The number of aliphatic carboxylic acids is 1. The maximum absolute atomic E-state index is 12.8. The van der Waals surface area contributed by atoms with Crippen LogP contribution in [-0.4, -0.2) is 36.0 Å². The molecule has 0 amide bonds. The molecule has 2 rings (SSSR count). The Kier molecular flexibility index (Phi) is 7.21. The topological polar surface area (TPSA) is 102 Å². The highest BCUT2D eigenvalue weighted by atomic mass is 35.5. The summed E-state index contributed by atoms with van der Waals surface area (Å²) in [6, 6.07) is 6.89. The number of halogens is 1. The molecule has 2 unspecified atom stereocenters.